The molecule has 0 atom stereocenters. The number of imidazole rings is 1. The molecule has 3 rings (SSSR count). The van der Waals surface area contributed by atoms with Crippen LogP contribution in [0.25, 0.3) is 16.9 Å². The van der Waals surface area contributed by atoms with Crippen LogP contribution in [0.4, 0.5) is 0 Å². The Kier molecular flexibility index (Phi) is 3.37. The summed E-state index contributed by atoms with van der Waals surface area (Å²) < 4.78 is 9.21. The minimum Gasteiger partial charge on any atom is -0.496 e. The van der Waals surface area contributed by atoms with Crippen molar-refractivity contribution in [2.45, 2.75) is 19.7 Å². The summed E-state index contributed by atoms with van der Waals surface area (Å²) >= 11 is 6.08. The molecule has 110 valence electrons. The highest BCUT2D eigenvalue weighted by Gasteiger charge is 2.18. The molecule has 3 aromatic rings. The molecule has 1 aromatic carbocycles. The number of rotatable bonds is 3. The van der Waals surface area contributed by atoms with Gasteiger partial charge < -0.3 is 4.74 Å². The van der Waals surface area contributed by atoms with Gasteiger partial charge in [0.25, 0.3) is 0 Å². The minimum atomic E-state index is 0.346. The van der Waals surface area contributed by atoms with Crippen molar-refractivity contribution in [1.29, 1.82) is 0 Å². The molecule has 0 N–H and O–H groups in total. The maximum atomic E-state index is 6.08. The largest absolute Gasteiger partial charge is 0.496 e. The highest BCUT2D eigenvalue weighted by atomic mass is 35.5. The van der Waals surface area contributed by atoms with Gasteiger partial charge >= 0.3 is 0 Å². The third kappa shape index (κ3) is 2.08. The summed E-state index contributed by atoms with van der Waals surface area (Å²) in [6.07, 6.45) is 0. The van der Waals surface area contributed by atoms with Crippen LogP contribution in [0.15, 0.2) is 18.2 Å². The van der Waals surface area contributed by atoms with Crippen LogP contribution in [0.1, 0.15) is 17.1 Å². The highest BCUT2D eigenvalue weighted by molar-refractivity contribution is 6.17. The Morgan fingerprint density at radius 2 is 2.05 bits per heavy atom. The number of benzene rings is 1. The molecule has 5 nitrogen and oxygen atoms in total. The Hall–Kier alpha value is -2.01. The van der Waals surface area contributed by atoms with Crippen molar-refractivity contribution >= 4 is 22.8 Å². The summed E-state index contributed by atoms with van der Waals surface area (Å²) in [6.45, 7) is 3.97. The molecule has 0 amide bonds. The molecule has 0 radical (unpaired) electrons. The zero-order chi connectivity index (χ0) is 15.1. The van der Waals surface area contributed by atoms with Gasteiger partial charge in [0.15, 0.2) is 5.65 Å². The number of ether oxygens (including phenoxy) is 1. The first-order valence-electron chi connectivity index (χ1n) is 6.68. The molecule has 2 heterocycles. The van der Waals surface area contributed by atoms with Gasteiger partial charge in [-0.05, 0) is 37.6 Å². The van der Waals surface area contributed by atoms with Gasteiger partial charge in [-0.2, -0.15) is 5.10 Å². The summed E-state index contributed by atoms with van der Waals surface area (Å²) in [7, 11) is 3.59. The van der Waals surface area contributed by atoms with Crippen molar-refractivity contribution in [2.75, 3.05) is 7.11 Å². The van der Waals surface area contributed by atoms with E-state index in [1.54, 1.807) is 7.11 Å². The molecule has 0 unspecified atom stereocenters. The first-order chi connectivity index (χ1) is 10.1. The van der Waals surface area contributed by atoms with Gasteiger partial charge in [-0.1, -0.05) is 0 Å². The molecule has 0 spiro atoms. The van der Waals surface area contributed by atoms with Crippen LogP contribution in [0, 0.1) is 13.8 Å². The van der Waals surface area contributed by atoms with Crippen LogP contribution in [0.2, 0.25) is 0 Å². The second-order valence-electron chi connectivity index (χ2n) is 5.03. The molecule has 0 aliphatic heterocycles. The lowest BCUT2D eigenvalue weighted by molar-refractivity contribution is 0.411. The number of hydrogen-bond acceptors (Lipinski definition) is 3. The Bertz CT molecular complexity index is 819. The summed E-state index contributed by atoms with van der Waals surface area (Å²) in [6, 6.07) is 6.03. The van der Waals surface area contributed by atoms with Crippen LogP contribution in [0.5, 0.6) is 5.75 Å². The average molecular weight is 305 g/mol. The molecule has 0 fully saturated rings. The lowest BCUT2D eigenvalue weighted by atomic mass is 10.2. The molecule has 2 aromatic heterocycles. The van der Waals surface area contributed by atoms with Gasteiger partial charge in [-0.15, -0.1) is 11.6 Å². The lowest BCUT2D eigenvalue weighted by Crippen LogP contribution is -2.04. The lowest BCUT2D eigenvalue weighted by Gasteiger charge is -2.11. The predicted molar refractivity (Wildman–Crippen MR) is 83.4 cm³/mol. The smallest absolute Gasteiger partial charge is 0.163 e. The fraction of sp³-hybridized carbons (Fsp3) is 0.333. The van der Waals surface area contributed by atoms with Gasteiger partial charge in [0.1, 0.15) is 17.1 Å². The Morgan fingerprint density at radius 1 is 1.29 bits per heavy atom. The van der Waals surface area contributed by atoms with Crippen LogP contribution in [0.3, 0.4) is 0 Å². The van der Waals surface area contributed by atoms with Gasteiger partial charge in [-0.3, -0.25) is 4.57 Å². The molecule has 0 aliphatic carbocycles. The first-order valence-corrected chi connectivity index (χ1v) is 7.22. The Balaban J connectivity index is 2.30. The van der Waals surface area contributed by atoms with E-state index < -0.39 is 0 Å². The number of methoxy groups -OCH3 is 1. The SMILES string of the molecule is COc1ccc(-n2c(CCl)nc3c(C)nn(C)c32)cc1C. The zero-order valence-electron chi connectivity index (χ0n) is 12.5. The van der Waals surface area contributed by atoms with Crippen LogP contribution in [-0.2, 0) is 12.9 Å². The molecule has 21 heavy (non-hydrogen) atoms. The van der Waals surface area contributed by atoms with Gasteiger partial charge in [0.2, 0.25) is 0 Å². The number of fused-ring (bicyclic) bond motifs is 1. The van der Waals surface area contributed by atoms with E-state index in [-0.39, 0.29) is 0 Å². The van der Waals surface area contributed by atoms with Crippen molar-refractivity contribution in [1.82, 2.24) is 19.3 Å². The normalized spacial score (nSPS) is 11.3. The number of hydrogen-bond donors (Lipinski definition) is 0. The predicted octanol–water partition coefficient (Wildman–Crippen LogP) is 3.12. The topological polar surface area (TPSA) is 44.9 Å². The van der Waals surface area contributed by atoms with Crippen LogP contribution in [-0.4, -0.2) is 26.4 Å². The van der Waals surface area contributed by atoms with E-state index in [9.17, 15) is 0 Å². The molecule has 6 heteroatoms. The summed E-state index contributed by atoms with van der Waals surface area (Å²) in [5.41, 5.74) is 4.82. The third-order valence-corrected chi connectivity index (χ3v) is 3.87. The second kappa shape index (κ2) is 5.07. The van der Waals surface area contributed by atoms with Gasteiger partial charge in [0.05, 0.1) is 18.7 Å². The van der Waals surface area contributed by atoms with Crippen molar-refractivity contribution in [3.63, 3.8) is 0 Å². The van der Waals surface area contributed by atoms with E-state index in [1.165, 1.54) is 0 Å². The van der Waals surface area contributed by atoms with Gasteiger partial charge in [0, 0.05) is 12.7 Å². The molecule has 0 saturated carbocycles. The van der Waals surface area contributed by atoms with Crippen molar-refractivity contribution < 1.29 is 4.74 Å². The highest BCUT2D eigenvalue weighted by Crippen LogP contribution is 2.27. The third-order valence-electron chi connectivity index (χ3n) is 3.63. The summed E-state index contributed by atoms with van der Waals surface area (Å²) in [5, 5.41) is 4.43. The molecule has 0 aliphatic rings. The number of alkyl halides is 1. The molecule has 0 saturated heterocycles. The van der Waals surface area contributed by atoms with E-state index in [4.69, 9.17) is 16.3 Å². The Morgan fingerprint density at radius 3 is 2.67 bits per heavy atom. The van der Waals surface area contributed by atoms with Crippen molar-refractivity contribution in [3.05, 3.63) is 35.3 Å². The maximum Gasteiger partial charge on any atom is 0.163 e. The fourth-order valence-corrected chi connectivity index (χ4v) is 2.86. The maximum absolute atomic E-state index is 6.08. The van der Waals surface area contributed by atoms with Crippen LogP contribution < -0.4 is 4.74 Å². The summed E-state index contributed by atoms with van der Waals surface area (Å²) in [5.74, 6) is 2.02. The number of nitrogens with zero attached hydrogens (tertiary/aromatic N) is 4. The van der Waals surface area contributed by atoms with Crippen LogP contribution >= 0.6 is 11.6 Å². The second-order valence-corrected chi connectivity index (χ2v) is 5.30. The average Bonchev–Trinajstić information content (AvgIpc) is 2.97. The first kappa shape index (κ1) is 13.9. The number of aromatic nitrogens is 4. The van der Waals surface area contributed by atoms with E-state index >= 15 is 0 Å². The number of aryl methyl sites for hydroxylation is 3. The monoisotopic (exact) mass is 304 g/mol. The van der Waals surface area contributed by atoms with E-state index in [0.29, 0.717) is 5.88 Å². The number of halogens is 1. The van der Waals surface area contributed by atoms with E-state index in [1.807, 2.05) is 37.7 Å². The minimum absolute atomic E-state index is 0.346. The fourth-order valence-electron chi connectivity index (χ4n) is 2.68. The molecule has 0 bridgehead atoms. The van der Waals surface area contributed by atoms with Gasteiger partial charge in [-0.25, -0.2) is 9.67 Å². The Labute approximate surface area is 128 Å². The van der Waals surface area contributed by atoms with Crippen molar-refractivity contribution in [2.24, 2.45) is 7.05 Å². The quantitative estimate of drug-likeness (QED) is 0.698. The van der Waals surface area contributed by atoms with E-state index in [0.717, 1.165) is 39.7 Å². The zero-order valence-corrected chi connectivity index (χ0v) is 13.3. The van der Waals surface area contributed by atoms with Crippen molar-refractivity contribution in [3.8, 4) is 11.4 Å². The molecular weight excluding hydrogens is 288 g/mol. The standard InChI is InChI=1S/C15H17ClN4O/c1-9-7-11(5-6-12(9)21-4)20-13(8-16)17-14-10(2)18-19(3)15(14)20/h5-7H,8H2,1-4H3. The van der Waals surface area contributed by atoms with E-state index in [2.05, 4.69) is 20.7 Å². The summed E-state index contributed by atoms with van der Waals surface area (Å²) in [4.78, 5) is 4.62. The molecular formula is C15H17ClN4O.